The van der Waals surface area contributed by atoms with E-state index >= 15 is 0 Å². The fourth-order valence-electron chi connectivity index (χ4n) is 0.749. The molecule has 1 heterocycles. The average molecular weight is 247 g/mol. The van der Waals surface area contributed by atoms with Gasteiger partial charge in [-0.05, 0) is 24.6 Å². The van der Waals surface area contributed by atoms with Crippen molar-refractivity contribution < 1.29 is 0 Å². The van der Waals surface area contributed by atoms with Crippen LogP contribution in [0.15, 0.2) is 18.3 Å². The van der Waals surface area contributed by atoms with Crippen LogP contribution in [0.4, 0.5) is 5.82 Å². The third-order valence-corrected chi connectivity index (χ3v) is 1.33. The number of anilines is 1. The molecule has 0 fully saturated rings. The van der Waals surface area contributed by atoms with E-state index in [0.717, 1.165) is 5.56 Å². The highest BCUT2D eigenvalue weighted by atomic mass is 35.5. The molecule has 0 saturated carbocycles. The van der Waals surface area contributed by atoms with Gasteiger partial charge in [-0.2, -0.15) is 0 Å². The minimum atomic E-state index is 0. The van der Waals surface area contributed by atoms with Crippen LogP contribution in [0.25, 0.3) is 0 Å². The number of halogens is 3. The second-order valence-electron chi connectivity index (χ2n) is 2.30. The van der Waals surface area contributed by atoms with Gasteiger partial charge in [-0.15, -0.1) is 37.2 Å². The van der Waals surface area contributed by atoms with Crippen molar-refractivity contribution in [3.63, 3.8) is 0 Å². The molecule has 1 rings (SSSR count). The summed E-state index contributed by atoms with van der Waals surface area (Å²) in [6, 6.07) is 3.68. The molecule has 1 aromatic heterocycles. The van der Waals surface area contributed by atoms with Crippen LogP contribution in [0.1, 0.15) is 18.5 Å². The molecular formula is C7H14Cl3N3. The van der Waals surface area contributed by atoms with Gasteiger partial charge in [-0.3, -0.25) is 0 Å². The van der Waals surface area contributed by atoms with Gasteiger partial charge in [-0.1, -0.05) is 0 Å². The monoisotopic (exact) mass is 245 g/mol. The molecule has 0 radical (unpaired) electrons. The molecule has 0 amide bonds. The van der Waals surface area contributed by atoms with Gasteiger partial charge in [0.1, 0.15) is 5.82 Å². The fourth-order valence-corrected chi connectivity index (χ4v) is 0.749. The van der Waals surface area contributed by atoms with Gasteiger partial charge in [0.2, 0.25) is 0 Å². The van der Waals surface area contributed by atoms with Crippen molar-refractivity contribution in [3.8, 4) is 0 Å². The van der Waals surface area contributed by atoms with Gasteiger partial charge in [-0.25, -0.2) is 4.98 Å². The topological polar surface area (TPSA) is 64.9 Å². The van der Waals surface area contributed by atoms with Crippen molar-refractivity contribution >= 4 is 43.0 Å². The maximum atomic E-state index is 5.60. The van der Waals surface area contributed by atoms with E-state index in [-0.39, 0.29) is 43.3 Å². The Labute approximate surface area is 96.5 Å². The maximum absolute atomic E-state index is 5.60. The molecule has 78 valence electrons. The van der Waals surface area contributed by atoms with E-state index in [0.29, 0.717) is 5.82 Å². The van der Waals surface area contributed by atoms with E-state index in [1.165, 1.54) is 0 Å². The minimum absolute atomic E-state index is 0. The van der Waals surface area contributed by atoms with Crippen LogP contribution in [0.2, 0.25) is 0 Å². The van der Waals surface area contributed by atoms with Crippen LogP contribution < -0.4 is 11.5 Å². The number of rotatable bonds is 1. The Hall–Kier alpha value is -0.220. The third-order valence-electron chi connectivity index (χ3n) is 1.33. The summed E-state index contributed by atoms with van der Waals surface area (Å²) in [5.74, 6) is 0.523. The van der Waals surface area contributed by atoms with Gasteiger partial charge >= 0.3 is 0 Å². The molecule has 0 aliphatic heterocycles. The lowest BCUT2D eigenvalue weighted by Gasteiger charge is -2.03. The Morgan fingerprint density at radius 1 is 1.31 bits per heavy atom. The van der Waals surface area contributed by atoms with E-state index in [4.69, 9.17) is 11.5 Å². The smallest absolute Gasteiger partial charge is 0.123 e. The van der Waals surface area contributed by atoms with Crippen molar-refractivity contribution in [2.24, 2.45) is 5.73 Å². The first-order valence-electron chi connectivity index (χ1n) is 3.17. The second kappa shape index (κ2) is 8.38. The van der Waals surface area contributed by atoms with Gasteiger partial charge in [0, 0.05) is 12.2 Å². The summed E-state index contributed by atoms with van der Waals surface area (Å²) in [6.45, 7) is 1.91. The first-order valence-corrected chi connectivity index (χ1v) is 3.17. The average Bonchev–Trinajstić information content (AvgIpc) is 1.88. The largest absolute Gasteiger partial charge is 0.384 e. The van der Waals surface area contributed by atoms with Crippen LogP contribution >= 0.6 is 37.2 Å². The molecule has 0 bridgehead atoms. The number of nitrogen functional groups attached to an aromatic ring is 1. The molecule has 6 heteroatoms. The molecule has 3 nitrogen and oxygen atoms in total. The summed E-state index contributed by atoms with van der Waals surface area (Å²) in [5, 5.41) is 0. The van der Waals surface area contributed by atoms with Crippen LogP contribution in [0.3, 0.4) is 0 Å². The molecule has 1 aromatic rings. The lowest BCUT2D eigenvalue weighted by Crippen LogP contribution is -2.05. The molecular weight excluding hydrogens is 232 g/mol. The lowest BCUT2D eigenvalue weighted by atomic mass is 10.1. The summed E-state index contributed by atoms with van der Waals surface area (Å²) in [6.07, 6.45) is 1.66. The predicted octanol–water partition coefficient (Wildman–Crippen LogP) is 1.95. The van der Waals surface area contributed by atoms with Gasteiger partial charge in [0.25, 0.3) is 0 Å². The SMILES string of the molecule is C[C@@H](N)c1ccnc(N)c1.Cl.Cl.Cl. The molecule has 0 saturated heterocycles. The third kappa shape index (κ3) is 5.93. The van der Waals surface area contributed by atoms with Crippen LogP contribution in [-0.4, -0.2) is 4.98 Å². The summed E-state index contributed by atoms with van der Waals surface area (Å²) in [7, 11) is 0. The van der Waals surface area contributed by atoms with E-state index in [2.05, 4.69) is 4.98 Å². The maximum Gasteiger partial charge on any atom is 0.123 e. The standard InChI is InChI=1S/C7H11N3.3ClH/c1-5(8)6-2-3-10-7(9)4-6;;;/h2-5H,8H2,1H3,(H2,9,10);3*1H/t5-;;;/m1.../s1. The highest BCUT2D eigenvalue weighted by molar-refractivity contribution is 5.86. The van der Waals surface area contributed by atoms with Crippen molar-refractivity contribution in [1.29, 1.82) is 0 Å². The number of pyridine rings is 1. The number of nitrogens with two attached hydrogens (primary N) is 2. The van der Waals surface area contributed by atoms with Crippen LogP contribution in [0.5, 0.6) is 0 Å². The zero-order valence-electron chi connectivity index (χ0n) is 7.14. The van der Waals surface area contributed by atoms with Crippen molar-refractivity contribution in [3.05, 3.63) is 23.9 Å². The first kappa shape index (κ1) is 18.5. The highest BCUT2D eigenvalue weighted by Crippen LogP contribution is 2.09. The zero-order chi connectivity index (χ0) is 7.56. The van der Waals surface area contributed by atoms with E-state index in [1.54, 1.807) is 12.3 Å². The molecule has 0 spiro atoms. The molecule has 0 aliphatic carbocycles. The number of hydrogen-bond acceptors (Lipinski definition) is 3. The molecule has 1 atom stereocenters. The Balaban J connectivity index is -0.000000333. The lowest BCUT2D eigenvalue weighted by molar-refractivity contribution is 0.816. The number of nitrogens with zero attached hydrogens (tertiary/aromatic N) is 1. The molecule has 0 aliphatic rings. The minimum Gasteiger partial charge on any atom is -0.384 e. The summed E-state index contributed by atoms with van der Waals surface area (Å²) < 4.78 is 0. The van der Waals surface area contributed by atoms with Gasteiger partial charge < -0.3 is 11.5 Å². The molecule has 4 N–H and O–H groups in total. The van der Waals surface area contributed by atoms with E-state index in [1.807, 2.05) is 13.0 Å². The molecule has 0 aromatic carbocycles. The second-order valence-corrected chi connectivity index (χ2v) is 2.30. The Morgan fingerprint density at radius 3 is 2.15 bits per heavy atom. The Bertz CT molecular complexity index is 230. The number of hydrogen-bond donors (Lipinski definition) is 2. The highest BCUT2D eigenvalue weighted by Gasteiger charge is 1.97. The Kier molecular flexibility index (Phi) is 12.0. The van der Waals surface area contributed by atoms with Crippen molar-refractivity contribution in [1.82, 2.24) is 4.98 Å². The zero-order valence-corrected chi connectivity index (χ0v) is 9.59. The van der Waals surface area contributed by atoms with Crippen molar-refractivity contribution in [2.75, 3.05) is 5.73 Å². The predicted molar refractivity (Wildman–Crippen MR) is 63.0 cm³/mol. The van der Waals surface area contributed by atoms with E-state index < -0.39 is 0 Å². The fraction of sp³-hybridized carbons (Fsp3) is 0.286. The molecule has 0 unspecified atom stereocenters. The van der Waals surface area contributed by atoms with E-state index in [9.17, 15) is 0 Å². The number of aromatic nitrogens is 1. The van der Waals surface area contributed by atoms with Gasteiger partial charge in [0.05, 0.1) is 0 Å². The quantitative estimate of drug-likeness (QED) is 0.796. The summed E-state index contributed by atoms with van der Waals surface area (Å²) >= 11 is 0. The summed E-state index contributed by atoms with van der Waals surface area (Å²) in [5.41, 5.74) is 12.0. The van der Waals surface area contributed by atoms with Crippen molar-refractivity contribution in [2.45, 2.75) is 13.0 Å². The van der Waals surface area contributed by atoms with Gasteiger partial charge in [0.15, 0.2) is 0 Å². The van der Waals surface area contributed by atoms with Crippen LogP contribution in [0, 0.1) is 0 Å². The summed E-state index contributed by atoms with van der Waals surface area (Å²) in [4.78, 5) is 3.84. The first-order chi connectivity index (χ1) is 4.70. The Morgan fingerprint density at radius 2 is 1.85 bits per heavy atom. The molecule has 13 heavy (non-hydrogen) atoms. The normalized spacial score (nSPS) is 10.0. The van der Waals surface area contributed by atoms with Crippen LogP contribution in [-0.2, 0) is 0 Å².